The molecule has 1 radical (unpaired) electrons. The van der Waals surface area contributed by atoms with Crippen LogP contribution in [0.3, 0.4) is 0 Å². The number of pyridine rings is 1. The van der Waals surface area contributed by atoms with Crippen LogP contribution in [-0.2, 0) is 0 Å². The van der Waals surface area contributed by atoms with Crippen LogP contribution in [0.25, 0.3) is 28.0 Å². The predicted molar refractivity (Wildman–Crippen MR) is 64.6 cm³/mol. The molecular weight excluding hydrogens is 212 g/mol. The topological polar surface area (TPSA) is 43.1 Å². The molecule has 0 fully saturated rings. The van der Waals surface area contributed by atoms with E-state index in [4.69, 9.17) is 0 Å². The van der Waals surface area contributed by atoms with Crippen molar-refractivity contribution >= 4 is 28.0 Å². The van der Waals surface area contributed by atoms with Gasteiger partial charge in [-0.25, -0.2) is 15.0 Å². The summed E-state index contributed by atoms with van der Waals surface area (Å²) in [4.78, 5) is 13.5. The summed E-state index contributed by atoms with van der Waals surface area (Å²) in [5.41, 5.74) is 3.89. The molecule has 0 bridgehead atoms. The molecule has 0 saturated heterocycles. The zero-order chi connectivity index (χ0) is 11.2. The Labute approximate surface area is 96.6 Å². The van der Waals surface area contributed by atoms with Crippen molar-refractivity contribution in [3.8, 4) is 0 Å². The average Bonchev–Trinajstić information content (AvgIpc) is 2.73. The molecule has 1 aromatic carbocycles. The molecule has 0 aliphatic rings. The van der Waals surface area contributed by atoms with Gasteiger partial charge in [-0.05, 0) is 18.2 Å². The molecule has 3 aromatic heterocycles. The van der Waals surface area contributed by atoms with Crippen molar-refractivity contribution in [2.45, 2.75) is 0 Å². The SMILES string of the molecule is [c]1cccc2nc3nc4ccccn4c3nc12. The fourth-order valence-electron chi connectivity index (χ4n) is 1.97. The summed E-state index contributed by atoms with van der Waals surface area (Å²) in [6, 6.07) is 14.6. The normalized spacial score (nSPS) is 11.5. The molecule has 0 saturated carbocycles. The van der Waals surface area contributed by atoms with E-state index in [0.29, 0.717) is 5.65 Å². The first-order chi connectivity index (χ1) is 8.42. The molecule has 0 aliphatic carbocycles. The average molecular weight is 219 g/mol. The minimum atomic E-state index is 0.670. The second-order valence-corrected chi connectivity index (χ2v) is 3.82. The summed E-state index contributed by atoms with van der Waals surface area (Å²) < 4.78 is 1.93. The lowest BCUT2D eigenvalue weighted by Gasteiger charge is -1.96. The van der Waals surface area contributed by atoms with Crippen LogP contribution in [0.2, 0.25) is 0 Å². The maximum absolute atomic E-state index is 4.55. The summed E-state index contributed by atoms with van der Waals surface area (Å²) in [7, 11) is 0. The lowest BCUT2D eigenvalue weighted by Crippen LogP contribution is -1.88. The molecule has 3 heterocycles. The molecule has 0 unspecified atom stereocenters. The predicted octanol–water partition coefficient (Wildman–Crippen LogP) is 2.23. The Kier molecular flexibility index (Phi) is 1.53. The monoisotopic (exact) mass is 219 g/mol. The van der Waals surface area contributed by atoms with Crippen LogP contribution in [0.5, 0.6) is 0 Å². The van der Waals surface area contributed by atoms with Crippen molar-refractivity contribution in [1.82, 2.24) is 19.4 Å². The Balaban J connectivity index is 2.28. The third-order valence-electron chi connectivity index (χ3n) is 2.74. The first-order valence-electron chi connectivity index (χ1n) is 5.33. The van der Waals surface area contributed by atoms with Gasteiger partial charge in [0.15, 0.2) is 11.3 Å². The highest BCUT2D eigenvalue weighted by Gasteiger charge is 2.07. The van der Waals surface area contributed by atoms with E-state index in [1.807, 2.05) is 47.0 Å². The van der Waals surface area contributed by atoms with Gasteiger partial charge in [-0.2, -0.15) is 0 Å². The van der Waals surface area contributed by atoms with Gasteiger partial charge in [0, 0.05) is 12.3 Å². The van der Waals surface area contributed by atoms with E-state index in [2.05, 4.69) is 21.0 Å². The third-order valence-corrected chi connectivity index (χ3v) is 2.74. The van der Waals surface area contributed by atoms with Gasteiger partial charge in [0.05, 0.1) is 11.0 Å². The van der Waals surface area contributed by atoms with Gasteiger partial charge in [-0.15, -0.1) is 0 Å². The van der Waals surface area contributed by atoms with Gasteiger partial charge in [-0.1, -0.05) is 18.2 Å². The molecule has 79 valence electrons. The minimum Gasteiger partial charge on any atom is -0.283 e. The maximum atomic E-state index is 4.55. The van der Waals surface area contributed by atoms with Gasteiger partial charge in [0.2, 0.25) is 0 Å². The number of hydrogen-bond acceptors (Lipinski definition) is 3. The highest BCUT2D eigenvalue weighted by Crippen LogP contribution is 2.16. The molecule has 0 N–H and O–H groups in total. The maximum Gasteiger partial charge on any atom is 0.198 e. The van der Waals surface area contributed by atoms with Crippen molar-refractivity contribution in [3.05, 3.63) is 48.7 Å². The fourth-order valence-corrected chi connectivity index (χ4v) is 1.97. The summed E-state index contributed by atoms with van der Waals surface area (Å²) in [5, 5.41) is 0. The molecule has 0 atom stereocenters. The lowest BCUT2D eigenvalue weighted by atomic mass is 10.3. The molecule has 0 aliphatic heterocycles. The largest absolute Gasteiger partial charge is 0.283 e. The number of hydrogen-bond donors (Lipinski definition) is 0. The fraction of sp³-hybridized carbons (Fsp3) is 0. The molecule has 4 aromatic rings. The number of rotatable bonds is 0. The molecule has 4 rings (SSSR count). The lowest BCUT2D eigenvalue weighted by molar-refractivity contribution is 1.19. The number of nitrogens with zero attached hydrogens (tertiary/aromatic N) is 4. The number of para-hydroxylation sites is 1. The van der Waals surface area contributed by atoms with Gasteiger partial charge < -0.3 is 0 Å². The Morgan fingerprint density at radius 1 is 1.00 bits per heavy atom. The summed E-state index contributed by atoms with van der Waals surface area (Å²) in [5.74, 6) is 0. The van der Waals surface area contributed by atoms with Crippen molar-refractivity contribution in [2.75, 3.05) is 0 Å². The number of imidazole rings is 1. The first-order valence-corrected chi connectivity index (χ1v) is 5.33. The summed E-state index contributed by atoms with van der Waals surface area (Å²) in [6.07, 6.45) is 1.94. The van der Waals surface area contributed by atoms with E-state index in [-0.39, 0.29) is 0 Å². The van der Waals surface area contributed by atoms with Crippen LogP contribution in [0.4, 0.5) is 0 Å². The van der Waals surface area contributed by atoms with E-state index in [1.165, 1.54) is 0 Å². The molecular formula is C13H7N4. The number of fused-ring (bicyclic) bond motifs is 4. The van der Waals surface area contributed by atoms with Gasteiger partial charge in [-0.3, -0.25) is 4.40 Å². The van der Waals surface area contributed by atoms with Crippen LogP contribution >= 0.6 is 0 Å². The van der Waals surface area contributed by atoms with Gasteiger partial charge in [0.25, 0.3) is 0 Å². The summed E-state index contributed by atoms with van der Waals surface area (Å²) in [6.45, 7) is 0. The Hall–Kier alpha value is -2.49. The molecule has 0 amide bonds. The molecule has 0 spiro atoms. The van der Waals surface area contributed by atoms with Crippen LogP contribution in [0.1, 0.15) is 0 Å². The second-order valence-electron chi connectivity index (χ2n) is 3.82. The Morgan fingerprint density at radius 3 is 3.00 bits per heavy atom. The van der Waals surface area contributed by atoms with Crippen LogP contribution < -0.4 is 0 Å². The van der Waals surface area contributed by atoms with E-state index in [9.17, 15) is 0 Å². The minimum absolute atomic E-state index is 0.670. The van der Waals surface area contributed by atoms with Crippen LogP contribution in [0.15, 0.2) is 42.6 Å². The zero-order valence-corrected chi connectivity index (χ0v) is 8.83. The quantitative estimate of drug-likeness (QED) is 0.455. The standard InChI is InChI=1S/C13H7N4/c1-2-6-10-9(5-1)14-12-13(15-10)17-8-4-3-7-11(17)16-12/h1-5,7-8H. The van der Waals surface area contributed by atoms with E-state index >= 15 is 0 Å². The van der Waals surface area contributed by atoms with Crippen molar-refractivity contribution < 1.29 is 0 Å². The van der Waals surface area contributed by atoms with Crippen LogP contribution in [-0.4, -0.2) is 19.4 Å². The van der Waals surface area contributed by atoms with Crippen molar-refractivity contribution in [3.63, 3.8) is 0 Å². The first kappa shape index (κ1) is 8.64. The van der Waals surface area contributed by atoms with Crippen molar-refractivity contribution in [1.29, 1.82) is 0 Å². The van der Waals surface area contributed by atoms with Gasteiger partial charge in [0.1, 0.15) is 5.65 Å². The Bertz CT molecular complexity index is 842. The van der Waals surface area contributed by atoms with E-state index in [1.54, 1.807) is 0 Å². The number of aromatic nitrogens is 4. The summed E-state index contributed by atoms with van der Waals surface area (Å²) >= 11 is 0. The van der Waals surface area contributed by atoms with Gasteiger partial charge >= 0.3 is 0 Å². The highest BCUT2D eigenvalue weighted by atomic mass is 15.1. The van der Waals surface area contributed by atoms with E-state index < -0.39 is 0 Å². The Morgan fingerprint density at radius 2 is 2.00 bits per heavy atom. The molecule has 4 heteroatoms. The van der Waals surface area contributed by atoms with Crippen molar-refractivity contribution in [2.24, 2.45) is 0 Å². The highest BCUT2D eigenvalue weighted by molar-refractivity contribution is 5.84. The zero-order valence-electron chi connectivity index (χ0n) is 8.83. The van der Waals surface area contributed by atoms with Crippen LogP contribution in [0, 0.1) is 6.07 Å². The molecule has 17 heavy (non-hydrogen) atoms. The smallest absolute Gasteiger partial charge is 0.198 e. The molecule has 4 nitrogen and oxygen atoms in total. The second kappa shape index (κ2) is 3.01. The van der Waals surface area contributed by atoms with E-state index in [0.717, 1.165) is 22.3 Å². The third kappa shape index (κ3) is 1.15. The number of benzene rings is 1.